The minimum absolute atomic E-state index is 0.204. The molecule has 0 atom stereocenters. The van der Waals surface area contributed by atoms with Gasteiger partial charge in [0.25, 0.3) is 0 Å². The van der Waals surface area contributed by atoms with Crippen molar-refractivity contribution in [3.63, 3.8) is 0 Å². The molecule has 27 heavy (non-hydrogen) atoms. The molecule has 2 rings (SSSR count). The Kier molecular flexibility index (Phi) is 8.43. The van der Waals surface area contributed by atoms with Crippen molar-refractivity contribution < 1.29 is 9.53 Å². The third-order valence-electron chi connectivity index (χ3n) is 4.66. The Morgan fingerprint density at radius 1 is 1.19 bits per heavy atom. The topological polar surface area (TPSA) is 66.0 Å². The maximum atomic E-state index is 11.8. The molecule has 0 saturated carbocycles. The fraction of sp³-hybridized carbons (Fsp3) is 0.619. The van der Waals surface area contributed by atoms with Crippen molar-refractivity contribution in [2.75, 3.05) is 32.8 Å². The zero-order chi connectivity index (χ0) is 19.6. The van der Waals surface area contributed by atoms with E-state index in [-0.39, 0.29) is 6.09 Å². The van der Waals surface area contributed by atoms with Crippen LogP contribution in [0.1, 0.15) is 43.4 Å². The zero-order valence-electron chi connectivity index (χ0n) is 17.2. The molecule has 1 heterocycles. The molecular formula is C21H34N4O2. The molecule has 0 radical (unpaired) electrons. The number of piperidine rings is 1. The van der Waals surface area contributed by atoms with Gasteiger partial charge in [-0.1, -0.05) is 29.3 Å². The van der Waals surface area contributed by atoms with Crippen molar-refractivity contribution >= 4 is 12.1 Å². The lowest BCUT2D eigenvalue weighted by atomic mass is 10.1. The number of benzene rings is 1. The quantitative estimate of drug-likeness (QED) is 0.593. The molecule has 1 aromatic carbocycles. The number of rotatable bonds is 6. The van der Waals surface area contributed by atoms with Gasteiger partial charge in [0.1, 0.15) is 0 Å². The summed E-state index contributed by atoms with van der Waals surface area (Å²) in [5, 5.41) is 6.84. The molecule has 1 aliphatic heterocycles. The smallest absolute Gasteiger partial charge is 0.409 e. The van der Waals surface area contributed by atoms with E-state index < -0.39 is 0 Å². The molecule has 0 aliphatic carbocycles. The Morgan fingerprint density at radius 2 is 1.85 bits per heavy atom. The van der Waals surface area contributed by atoms with Crippen molar-refractivity contribution in [2.45, 2.75) is 53.0 Å². The first-order valence-electron chi connectivity index (χ1n) is 10.1. The number of aliphatic imine (C=N–C) groups is 1. The summed E-state index contributed by atoms with van der Waals surface area (Å²) in [6.07, 6.45) is 2.53. The number of amides is 1. The number of carbonyl (C=O) groups is 1. The SMILES string of the molecule is CCNC(=NCCc1cc(C)cc(C)c1)NC1CCN(C(=O)OCC)CC1. The number of ether oxygens (including phenoxy) is 1. The standard InChI is InChI=1S/C21H34N4O2/c1-5-22-20(23-10-7-18-14-16(3)13-17(4)15-18)24-19-8-11-25(12-9-19)21(26)27-6-2/h13-15,19H,5-12H2,1-4H3,(H2,22,23,24). The van der Waals surface area contributed by atoms with E-state index in [1.807, 2.05) is 6.92 Å². The summed E-state index contributed by atoms with van der Waals surface area (Å²) in [6.45, 7) is 11.6. The maximum Gasteiger partial charge on any atom is 0.409 e. The molecule has 0 spiro atoms. The maximum absolute atomic E-state index is 11.8. The predicted octanol–water partition coefficient (Wildman–Crippen LogP) is 3.02. The van der Waals surface area contributed by atoms with Gasteiger partial charge >= 0.3 is 6.09 Å². The Labute approximate surface area is 163 Å². The van der Waals surface area contributed by atoms with Crippen LogP contribution in [0.4, 0.5) is 4.79 Å². The molecule has 1 aromatic rings. The fourth-order valence-corrected chi connectivity index (χ4v) is 3.44. The van der Waals surface area contributed by atoms with Crippen molar-refractivity contribution in [3.8, 4) is 0 Å². The summed E-state index contributed by atoms with van der Waals surface area (Å²) in [7, 11) is 0. The van der Waals surface area contributed by atoms with E-state index >= 15 is 0 Å². The van der Waals surface area contributed by atoms with Gasteiger partial charge in [-0.3, -0.25) is 4.99 Å². The van der Waals surface area contributed by atoms with Crippen molar-refractivity contribution in [1.82, 2.24) is 15.5 Å². The normalized spacial score (nSPS) is 15.6. The van der Waals surface area contributed by atoms with E-state index in [9.17, 15) is 4.79 Å². The Bertz CT molecular complexity index is 617. The highest BCUT2D eigenvalue weighted by molar-refractivity contribution is 5.80. The number of nitrogens with one attached hydrogen (secondary N) is 2. The highest BCUT2D eigenvalue weighted by Crippen LogP contribution is 2.12. The van der Waals surface area contributed by atoms with E-state index in [0.717, 1.165) is 51.4 Å². The number of hydrogen-bond donors (Lipinski definition) is 2. The highest BCUT2D eigenvalue weighted by atomic mass is 16.6. The van der Waals surface area contributed by atoms with Gasteiger partial charge in [-0.15, -0.1) is 0 Å². The Hall–Kier alpha value is -2.24. The Morgan fingerprint density at radius 3 is 2.44 bits per heavy atom. The molecule has 6 heteroatoms. The lowest BCUT2D eigenvalue weighted by molar-refractivity contribution is 0.0963. The van der Waals surface area contributed by atoms with Crippen LogP contribution in [-0.4, -0.2) is 55.8 Å². The molecule has 0 unspecified atom stereocenters. The van der Waals surface area contributed by atoms with Gasteiger partial charge in [0.05, 0.1) is 6.61 Å². The van der Waals surface area contributed by atoms with Gasteiger partial charge < -0.3 is 20.3 Å². The van der Waals surface area contributed by atoms with Crippen LogP contribution in [-0.2, 0) is 11.2 Å². The molecule has 2 N–H and O–H groups in total. The largest absolute Gasteiger partial charge is 0.450 e. The minimum atomic E-state index is -0.204. The minimum Gasteiger partial charge on any atom is -0.450 e. The molecule has 6 nitrogen and oxygen atoms in total. The first-order chi connectivity index (χ1) is 13.0. The third-order valence-corrected chi connectivity index (χ3v) is 4.66. The van der Waals surface area contributed by atoms with Gasteiger partial charge in [0, 0.05) is 32.2 Å². The number of hydrogen-bond acceptors (Lipinski definition) is 3. The predicted molar refractivity (Wildman–Crippen MR) is 110 cm³/mol. The summed E-state index contributed by atoms with van der Waals surface area (Å²) in [5.74, 6) is 0.858. The molecule has 0 bridgehead atoms. The van der Waals surface area contributed by atoms with Crippen LogP contribution in [0.25, 0.3) is 0 Å². The number of nitrogens with zero attached hydrogens (tertiary/aromatic N) is 2. The van der Waals surface area contributed by atoms with Crippen molar-refractivity contribution in [3.05, 3.63) is 34.9 Å². The highest BCUT2D eigenvalue weighted by Gasteiger charge is 2.23. The number of aryl methyl sites for hydroxylation is 2. The molecule has 0 aromatic heterocycles. The summed E-state index contributed by atoms with van der Waals surface area (Å²) in [4.78, 5) is 18.3. The number of likely N-dealkylation sites (tertiary alicyclic amines) is 1. The molecule has 1 fully saturated rings. The Balaban J connectivity index is 1.84. The lowest BCUT2D eigenvalue weighted by Crippen LogP contribution is -2.50. The number of carbonyl (C=O) groups excluding carboxylic acids is 1. The van der Waals surface area contributed by atoms with E-state index in [1.54, 1.807) is 4.90 Å². The summed E-state index contributed by atoms with van der Waals surface area (Å²) < 4.78 is 5.08. The third kappa shape index (κ3) is 7.12. The van der Waals surface area contributed by atoms with Crippen LogP contribution >= 0.6 is 0 Å². The van der Waals surface area contributed by atoms with Gasteiger partial charge in [-0.05, 0) is 52.5 Å². The summed E-state index contributed by atoms with van der Waals surface area (Å²) in [5.41, 5.74) is 3.93. The molecule has 1 amide bonds. The number of guanidine groups is 1. The van der Waals surface area contributed by atoms with Crippen LogP contribution in [0, 0.1) is 13.8 Å². The van der Waals surface area contributed by atoms with Crippen molar-refractivity contribution in [1.29, 1.82) is 0 Å². The van der Waals surface area contributed by atoms with Crippen LogP contribution in [0.2, 0.25) is 0 Å². The monoisotopic (exact) mass is 374 g/mol. The van der Waals surface area contributed by atoms with Crippen molar-refractivity contribution in [2.24, 2.45) is 4.99 Å². The van der Waals surface area contributed by atoms with Crippen LogP contribution in [0.15, 0.2) is 23.2 Å². The van der Waals surface area contributed by atoms with Gasteiger partial charge in [-0.2, -0.15) is 0 Å². The summed E-state index contributed by atoms with van der Waals surface area (Å²) in [6, 6.07) is 6.98. The van der Waals surface area contributed by atoms with Gasteiger partial charge in [0.2, 0.25) is 0 Å². The average Bonchev–Trinajstić information content (AvgIpc) is 2.62. The summed E-state index contributed by atoms with van der Waals surface area (Å²) >= 11 is 0. The van der Waals surface area contributed by atoms with Crippen LogP contribution < -0.4 is 10.6 Å². The van der Waals surface area contributed by atoms with Gasteiger partial charge in [0.15, 0.2) is 5.96 Å². The van der Waals surface area contributed by atoms with E-state index in [1.165, 1.54) is 16.7 Å². The van der Waals surface area contributed by atoms with E-state index in [4.69, 9.17) is 9.73 Å². The molecule has 1 saturated heterocycles. The second-order valence-electron chi connectivity index (χ2n) is 7.11. The van der Waals surface area contributed by atoms with Crippen LogP contribution in [0.5, 0.6) is 0 Å². The molecular weight excluding hydrogens is 340 g/mol. The fourth-order valence-electron chi connectivity index (χ4n) is 3.44. The van der Waals surface area contributed by atoms with E-state index in [0.29, 0.717) is 12.6 Å². The average molecular weight is 375 g/mol. The van der Waals surface area contributed by atoms with Gasteiger partial charge in [-0.25, -0.2) is 4.79 Å². The first kappa shape index (κ1) is 21.1. The van der Waals surface area contributed by atoms with E-state index in [2.05, 4.69) is 49.6 Å². The first-order valence-corrected chi connectivity index (χ1v) is 10.1. The molecule has 1 aliphatic rings. The second kappa shape index (κ2) is 10.8. The second-order valence-corrected chi connectivity index (χ2v) is 7.11. The lowest BCUT2D eigenvalue weighted by Gasteiger charge is -2.32. The zero-order valence-corrected chi connectivity index (χ0v) is 17.2. The molecule has 150 valence electrons. The van der Waals surface area contributed by atoms with Crippen LogP contribution in [0.3, 0.4) is 0 Å².